The Morgan fingerprint density at radius 2 is 1.84 bits per heavy atom. The standard InChI is InChI=1S/C22H20FN3O3.C2H6S/c1-3-29-19-12-14(8-9-18(19)28-2)13-26-21-20(25-22(26)27)16(10-11-24-21)15-6-4-5-7-17(15)23;1-3-2/h4-12H,3,13H2,1-2H3,(H,25,27);1-2H3. The zero-order valence-corrected chi connectivity index (χ0v) is 19.3. The fraction of sp³-hybridized carbons (Fsp3) is 0.250. The minimum atomic E-state index is -0.356. The molecule has 32 heavy (non-hydrogen) atoms. The van der Waals surface area contributed by atoms with Gasteiger partial charge in [-0.05, 0) is 49.3 Å². The first-order valence-corrected chi connectivity index (χ1v) is 11.7. The maximum atomic E-state index is 14.3. The molecule has 8 heteroatoms. The number of hydrogen-bond acceptors (Lipinski definition) is 5. The van der Waals surface area contributed by atoms with Crippen LogP contribution in [0.25, 0.3) is 22.3 Å². The number of pyridine rings is 1. The van der Waals surface area contributed by atoms with Crippen LogP contribution in [0.2, 0.25) is 0 Å². The molecule has 0 atom stereocenters. The summed E-state index contributed by atoms with van der Waals surface area (Å²) in [6.07, 6.45) is 5.66. The van der Waals surface area contributed by atoms with E-state index in [0.717, 1.165) is 5.56 Å². The molecule has 0 radical (unpaired) electrons. The van der Waals surface area contributed by atoms with Gasteiger partial charge in [-0.25, -0.2) is 14.2 Å². The predicted octanol–water partition coefficient (Wildman–Crippen LogP) is 4.97. The number of aromatic nitrogens is 3. The lowest BCUT2D eigenvalue weighted by Gasteiger charge is -2.11. The molecular formula is C24H26FN3O3S. The Labute approximate surface area is 190 Å². The van der Waals surface area contributed by atoms with E-state index in [0.29, 0.717) is 40.4 Å². The second-order valence-corrected chi connectivity index (χ2v) is 7.70. The van der Waals surface area contributed by atoms with Crippen LogP contribution in [-0.4, -0.2) is 40.8 Å². The van der Waals surface area contributed by atoms with E-state index in [4.69, 9.17) is 9.47 Å². The number of hydrogen-bond donors (Lipinski definition) is 1. The number of aromatic amines is 1. The normalized spacial score (nSPS) is 10.5. The van der Waals surface area contributed by atoms with Gasteiger partial charge in [0.2, 0.25) is 0 Å². The lowest BCUT2D eigenvalue weighted by molar-refractivity contribution is 0.310. The molecule has 2 heterocycles. The van der Waals surface area contributed by atoms with E-state index in [1.807, 2.05) is 31.6 Å². The van der Waals surface area contributed by atoms with Crippen LogP contribution < -0.4 is 15.2 Å². The van der Waals surface area contributed by atoms with E-state index < -0.39 is 0 Å². The molecule has 0 bridgehead atoms. The molecule has 1 N–H and O–H groups in total. The largest absolute Gasteiger partial charge is 0.493 e. The van der Waals surface area contributed by atoms with E-state index in [-0.39, 0.29) is 18.1 Å². The highest BCUT2D eigenvalue weighted by atomic mass is 32.2. The molecule has 2 aromatic carbocycles. The molecule has 4 aromatic rings. The van der Waals surface area contributed by atoms with Crippen LogP contribution in [0.4, 0.5) is 4.39 Å². The van der Waals surface area contributed by atoms with Gasteiger partial charge in [0.05, 0.1) is 25.8 Å². The van der Waals surface area contributed by atoms with Gasteiger partial charge in [-0.3, -0.25) is 4.57 Å². The van der Waals surface area contributed by atoms with Gasteiger partial charge >= 0.3 is 5.69 Å². The number of methoxy groups -OCH3 is 1. The number of halogens is 1. The van der Waals surface area contributed by atoms with Gasteiger partial charge < -0.3 is 14.5 Å². The van der Waals surface area contributed by atoms with Gasteiger partial charge in [-0.1, -0.05) is 24.3 Å². The van der Waals surface area contributed by atoms with Gasteiger partial charge in [-0.15, -0.1) is 0 Å². The molecule has 0 aliphatic carbocycles. The second kappa shape index (κ2) is 10.9. The van der Waals surface area contributed by atoms with E-state index in [2.05, 4.69) is 9.97 Å². The maximum Gasteiger partial charge on any atom is 0.328 e. The van der Waals surface area contributed by atoms with Crippen molar-refractivity contribution in [2.45, 2.75) is 13.5 Å². The molecule has 0 amide bonds. The summed E-state index contributed by atoms with van der Waals surface area (Å²) in [5, 5.41) is 0. The van der Waals surface area contributed by atoms with E-state index >= 15 is 0 Å². The highest BCUT2D eigenvalue weighted by Gasteiger charge is 2.16. The average molecular weight is 456 g/mol. The molecule has 168 valence electrons. The Bertz CT molecular complexity index is 1250. The van der Waals surface area contributed by atoms with Crippen LogP contribution in [0, 0.1) is 5.82 Å². The molecule has 0 aliphatic rings. The summed E-state index contributed by atoms with van der Waals surface area (Å²) < 4.78 is 26.8. The van der Waals surface area contributed by atoms with Crippen LogP contribution in [-0.2, 0) is 6.54 Å². The zero-order chi connectivity index (χ0) is 23.1. The number of nitrogens with one attached hydrogen (secondary N) is 1. The number of imidazole rings is 1. The van der Waals surface area contributed by atoms with Gasteiger partial charge in [-0.2, -0.15) is 11.8 Å². The average Bonchev–Trinajstić information content (AvgIpc) is 3.10. The monoisotopic (exact) mass is 455 g/mol. The number of fused-ring (bicyclic) bond motifs is 1. The molecule has 0 unspecified atom stereocenters. The molecule has 0 saturated heterocycles. The molecule has 2 aromatic heterocycles. The molecule has 0 spiro atoms. The molecule has 6 nitrogen and oxygen atoms in total. The van der Waals surface area contributed by atoms with Crippen molar-refractivity contribution >= 4 is 22.9 Å². The Morgan fingerprint density at radius 3 is 2.53 bits per heavy atom. The number of nitrogens with zero attached hydrogens (tertiary/aromatic N) is 2. The second-order valence-electron chi connectivity index (χ2n) is 6.88. The fourth-order valence-corrected chi connectivity index (χ4v) is 3.37. The molecule has 4 rings (SSSR count). The van der Waals surface area contributed by atoms with E-state index in [1.165, 1.54) is 10.6 Å². The topological polar surface area (TPSA) is 69.1 Å². The van der Waals surface area contributed by atoms with Crippen LogP contribution in [0.5, 0.6) is 11.5 Å². The number of rotatable bonds is 6. The number of thioether (sulfide) groups is 1. The summed E-state index contributed by atoms with van der Waals surface area (Å²) in [6.45, 7) is 2.68. The highest BCUT2D eigenvalue weighted by Crippen LogP contribution is 2.30. The van der Waals surface area contributed by atoms with Crippen LogP contribution >= 0.6 is 11.8 Å². The van der Waals surface area contributed by atoms with Gasteiger partial charge in [0.1, 0.15) is 5.82 Å². The van der Waals surface area contributed by atoms with Gasteiger partial charge in [0, 0.05) is 17.3 Å². The maximum absolute atomic E-state index is 14.3. The first-order chi connectivity index (χ1) is 15.5. The Morgan fingerprint density at radius 1 is 1.09 bits per heavy atom. The van der Waals surface area contributed by atoms with Crippen molar-refractivity contribution in [3.05, 3.63) is 76.6 Å². The van der Waals surface area contributed by atoms with Crippen molar-refractivity contribution in [2.24, 2.45) is 0 Å². The minimum Gasteiger partial charge on any atom is -0.493 e. The third-order valence-corrected chi connectivity index (χ3v) is 4.70. The first kappa shape index (κ1) is 23.4. The predicted molar refractivity (Wildman–Crippen MR) is 128 cm³/mol. The van der Waals surface area contributed by atoms with Crippen molar-refractivity contribution < 1.29 is 13.9 Å². The summed E-state index contributed by atoms with van der Waals surface area (Å²) >= 11 is 1.75. The van der Waals surface area contributed by atoms with Crippen molar-refractivity contribution in [3.8, 4) is 22.6 Å². The molecule has 0 saturated carbocycles. The summed E-state index contributed by atoms with van der Waals surface area (Å²) in [5.74, 6) is 0.882. The van der Waals surface area contributed by atoms with Crippen LogP contribution in [0.1, 0.15) is 12.5 Å². The van der Waals surface area contributed by atoms with Crippen LogP contribution in [0.3, 0.4) is 0 Å². The highest BCUT2D eigenvalue weighted by molar-refractivity contribution is 7.97. The summed E-state index contributed by atoms with van der Waals surface area (Å²) in [4.78, 5) is 19.8. The number of benzene rings is 2. The van der Waals surface area contributed by atoms with Gasteiger partial charge in [0.25, 0.3) is 0 Å². The Balaban J connectivity index is 0.000000913. The fourth-order valence-electron chi connectivity index (χ4n) is 3.37. The van der Waals surface area contributed by atoms with Crippen molar-refractivity contribution in [3.63, 3.8) is 0 Å². The number of ether oxygens (including phenoxy) is 2. The quantitative estimate of drug-likeness (QED) is 0.445. The number of H-pyrrole nitrogens is 1. The van der Waals surface area contributed by atoms with Crippen molar-refractivity contribution in [1.29, 1.82) is 0 Å². The van der Waals surface area contributed by atoms with E-state index in [1.54, 1.807) is 55.4 Å². The summed E-state index contributed by atoms with van der Waals surface area (Å²) in [6, 6.07) is 13.7. The van der Waals surface area contributed by atoms with Crippen molar-refractivity contribution in [1.82, 2.24) is 14.5 Å². The Kier molecular flexibility index (Phi) is 7.94. The SMILES string of the molecule is CCOc1cc(Cn2c(=O)[nH]c3c(-c4ccccc4F)ccnc32)ccc1OC.CSC. The Hall–Kier alpha value is -3.26. The summed E-state index contributed by atoms with van der Waals surface area (Å²) in [7, 11) is 1.58. The summed E-state index contributed by atoms with van der Waals surface area (Å²) in [5.41, 5.74) is 2.51. The molecular weight excluding hydrogens is 429 g/mol. The van der Waals surface area contributed by atoms with E-state index in [9.17, 15) is 9.18 Å². The molecule has 0 aliphatic heterocycles. The smallest absolute Gasteiger partial charge is 0.328 e. The minimum absolute atomic E-state index is 0.288. The van der Waals surface area contributed by atoms with Crippen molar-refractivity contribution in [2.75, 3.05) is 26.2 Å². The third kappa shape index (κ3) is 4.96. The molecule has 0 fully saturated rings. The first-order valence-electron chi connectivity index (χ1n) is 10.1. The zero-order valence-electron chi connectivity index (χ0n) is 18.5. The van der Waals surface area contributed by atoms with Crippen LogP contribution in [0.15, 0.2) is 59.5 Å². The lowest BCUT2D eigenvalue weighted by atomic mass is 10.1. The third-order valence-electron chi connectivity index (χ3n) is 4.70. The lowest BCUT2D eigenvalue weighted by Crippen LogP contribution is -2.17. The van der Waals surface area contributed by atoms with Gasteiger partial charge in [0.15, 0.2) is 17.1 Å².